The predicted molar refractivity (Wildman–Crippen MR) is 55.5 cm³/mol. The first-order valence-corrected chi connectivity index (χ1v) is 5.54. The quantitative estimate of drug-likeness (QED) is 0.887. The van der Waals surface area contributed by atoms with Crippen LogP contribution in [0.3, 0.4) is 0 Å². The highest BCUT2D eigenvalue weighted by molar-refractivity contribution is 9.10. The molecule has 2 nitrogen and oxygen atoms in total. The minimum Gasteiger partial charge on any atom is -0.457 e. The Morgan fingerprint density at radius 2 is 2.38 bits per heavy atom. The zero-order valence-corrected chi connectivity index (χ0v) is 9.09. The molecule has 1 fully saturated rings. The molecule has 1 heterocycles. The van der Waals surface area contributed by atoms with Crippen molar-refractivity contribution in [1.82, 2.24) is 0 Å². The number of hydrogen-bond acceptors (Lipinski definition) is 2. The molecule has 1 atom stereocenters. The van der Waals surface area contributed by atoms with E-state index in [0.29, 0.717) is 5.92 Å². The van der Waals surface area contributed by atoms with E-state index in [1.54, 1.807) is 0 Å². The molecule has 0 spiro atoms. The van der Waals surface area contributed by atoms with Crippen LogP contribution in [0.4, 0.5) is 0 Å². The highest BCUT2D eigenvalue weighted by Gasteiger charge is 2.28. The monoisotopic (exact) mass is 243 g/mol. The summed E-state index contributed by atoms with van der Waals surface area (Å²) in [5.41, 5.74) is 7.02. The zero-order chi connectivity index (χ0) is 9.26. The predicted octanol–water partition coefficient (Wildman–Crippen LogP) is 2.88. The van der Waals surface area contributed by atoms with Crippen molar-refractivity contribution in [2.24, 2.45) is 11.7 Å². The third-order valence-corrected chi connectivity index (χ3v) is 3.40. The molecule has 1 saturated carbocycles. The minimum absolute atomic E-state index is 0.504. The van der Waals surface area contributed by atoms with Gasteiger partial charge in [0.1, 0.15) is 0 Å². The Morgan fingerprint density at radius 1 is 1.62 bits per heavy atom. The summed E-state index contributed by atoms with van der Waals surface area (Å²) in [6.07, 6.45) is 5.83. The molecule has 2 rings (SSSR count). The standard InChI is InChI=1S/C10H14BrNO/c11-10-4-8(6-13-10)9(5-12)7-2-1-3-7/h4,6-7,9H,1-3,5,12H2. The van der Waals surface area contributed by atoms with Gasteiger partial charge >= 0.3 is 0 Å². The Labute approximate surface area is 86.6 Å². The molecule has 0 aromatic carbocycles. The van der Waals surface area contributed by atoms with E-state index >= 15 is 0 Å². The fraction of sp³-hybridized carbons (Fsp3) is 0.600. The van der Waals surface area contributed by atoms with Crippen molar-refractivity contribution in [2.45, 2.75) is 25.2 Å². The second-order valence-electron chi connectivity index (χ2n) is 3.72. The largest absolute Gasteiger partial charge is 0.457 e. The van der Waals surface area contributed by atoms with Gasteiger partial charge in [-0.25, -0.2) is 0 Å². The van der Waals surface area contributed by atoms with Crippen LogP contribution in [0.2, 0.25) is 0 Å². The van der Waals surface area contributed by atoms with Crippen LogP contribution in [0, 0.1) is 5.92 Å². The molecule has 3 heteroatoms. The Morgan fingerprint density at radius 3 is 2.77 bits per heavy atom. The molecule has 0 amide bonds. The Balaban J connectivity index is 2.11. The maximum Gasteiger partial charge on any atom is 0.169 e. The lowest BCUT2D eigenvalue weighted by atomic mass is 9.73. The van der Waals surface area contributed by atoms with Gasteiger partial charge in [-0.05, 0) is 52.9 Å². The third-order valence-electron chi connectivity index (χ3n) is 2.99. The van der Waals surface area contributed by atoms with E-state index in [9.17, 15) is 0 Å². The fourth-order valence-electron chi connectivity index (χ4n) is 1.96. The van der Waals surface area contributed by atoms with Crippen LogP contribution in [-0.4, -0.2) is 6.54 Å². The molecule has 72 valence electrons. The van der Waals surface area contributed by atoms with Crippen molar-refractivity contribution >= 4 is 15.9 Å². The Hall–Kier alpha value is -0.280. The van der Waals surface area contributed by atoms with E-state index in [1.807, 2.05) is 12.3 Å². The Kier molecular flexibility index (Phi) is 2.74. The van der Waals surface area contributed by atoms with Gasteiger partial charge in [0.25, 0.3) is 0 Å². The summed E-state index contributed by atoms with van der Waals surface area (Å²) in [7, 11) is 0. The maximum absolute atomic E-state index is 5.77. The second kappa shape index (κ2) is 3.84. The molecule has 1 aliphatic rings. The first-order chi connectivity index (χ1) is 6.31. The first kappa shape index (κ1) is 9.28. The molecular formula is C10H14BrNO. The van der Waals surface area contributed by atoms with Crippen molar-refractivity contribution < 1.29 is 4.42 Å². The summed E-state index contributed by atoms with van der Waals surface area (Å²) in [4.78, 5) is 0. The molecular weight excluding hydrogens is 230 g/mol. The van der Waals surface area contributed by atoms with E-state index in [0.717, 1.165) is 17.1 Å². The second-order valence-corrected chi connectivity index (χ2v) is 4.50. The van der Waals surface area contributed by atoms with Gasteiger partial charge < -0.3 is 10.2 Å². The molecule has 1 aromatic heterocycles. The van der Waals surface area contributed by atoms with Gasteiger partial charge in [-0.3, -0.25) is 0 Å². The van der Waals surface area contributed by atoms with Crippen LogP contribution in [0.15, 0.2) is 21.4 Å². The van der Waals surface area contributed by atoms with Crippen LogP contribution in [-0.2, 0) is 0 Å². The molecule has 2 N–H and O–H groups in total. The summed E-state index contributed by atoms with van der Waals surface area (Å²) >= 11 is 3.31. The van der Waals surface area contributed by atoms with E-state index in [2.05, 4.69) is 15.9 Å². The van der Waals surface area contributed by atoms with E-state index in [4.69, 9.17) is 10.2 Å². The maximum atomic E-state index is 5.77. The molecule has 0 bridgehead atoms. The number of furan rings is 1. The van der Waals surface area contributed by atoms with Gasteiger partial charge in [0, 0.05) is 5.92 Å². The highest BCUT2D eigenvalue weighted by atomic mass is 79.9. The lowest BCUT2D eigenvalue weighted by Crippen LogP contribution is -2.26. The molecule has 0 aliphatic heterocycles. The van der Waals surface area contributed by atoms with Crippen LogP contribution in [0.25, 0.3) is 0 Å². The normalized spacial score (nSPS) is 19.8. The van der Waals surface area contributed by atoms with Crippen LogP contribution in [0.1, 0.15) is 30.7 Å². The summed E-state index contributed by atoms with van der Waals surface area (Å²) in [5, 5.41) is 0. The average molecular weight is 244 g/mol. The van der Waals surface area contributed by atoms with Crippen molar-refractivity contribution in [3.05, 3.63) is 22.6 Å². The van der Waals surface area contributed by atoms with Crippen LogP contribution < -0.4 is 5.73 Å². The number of halogens is 1. The topological polar surface area (TPSA) is 39.2 Å². The van der Waals surface area contributed by atoms with Crippen molar-refractivity contribution in [3.63, 3.8) is 0 Å². The van der Waals surface area contributed by atoms with Crippen LogP contribution >= 0.6 is 15.9 Å². The third kappa shape index (κ3) is 1.81. The summed E-state index contributed by atoms with van der Waals surface area (Å²) < 4.78 is 6.03. The zero-order valence-electron chi connectivity index (χ0n) is 7.50. The number of nitrogens with two attached hydrogens (primary N) is 1. The molecule has 1 aliphatic carbocycles. The van der Waals surface area contributed by atoms with Gasteiger partial charge in [0.15, 0.2) is 4.67 Å². The van der Waals surface area contributed by atoms with Crippen LogP contribution in [0.5, 0.6) is 0 Å². The molecule has 0 radical (unpaired) electrons. The first-order valence-electron chi connectivity index (χ1n) is 4.75. The molecule has 13 heavy (non-hydrogen) atoms. The van der Waals surface area contributed by atoms with E-state index in [1.165, 1.54) is 24.8 Å². The fourth-order valence-corrected chi connectivity index (χ4v) is 2.32. The van der Waals surface area contributed by atoms with Gasteiger partial charge in [0.2, 0.25) is 0 Å². The van der Waals surface area contributed by atoms with Crippen molar-refractivity contribution in [3.8, 4) is 0 Å². The van der Waals surface area contributed by atoms with Gasteiger partial charge in [-0.15, -0.1) is 0 Å². The lowest BCUT2D eigenvalue weighted by Gasteiger charge is -2.32. The smallest absolute Gasteiger partial charge is 0.169 e. The lowest BCUT2D eigenvalue weighted by molar-refractivity contribution is 0.263. The molecule has 1 unspecified atom stereocenters. The van der Waals surface area contributed by atoms with Crippen molar-refractivity contribution in [2.75, 3.05) is 6.54 Å². The van der Waals surface area contributed by atoms with Gasteiger partial charge in [-0.2, -0.15) is 0 Å². The summed E-state index contributed by atoms with van der Waals surface area (Å²) in [5.74, 6) is 1.29. The SMILES string of the molecule is NCC(c1coc(Br)c1)C1CCC1. The average Bonchev–Trinajstić information content (AvgIpc) is 2.43. The van der Waals surface area contributed by atoms with Crippen molar-refractivity contribution in [1.29, 1.82) is 0 Å². The van der Waals surface area contributed by atoms with E-state index in [-0.39, 0.29) is 0 Å². The molecule has 0 saturated heterocycles. The van der Waals surface area contributed by atoms with Gasteiger partial charge in [-0.1, -0.05) is 6.42 Å². The number of rotatable bonds is 3. The summed E-state index contributed by atoms with van der Waals surface area (Å²) in [6.45, 7) is 0.733. The summed E-state index contributed by atoms with van der Waals surface area (Å²) in [6, 6.07) is 2.04. The van der Waals surface area contributed by atoms with Gasteiger partial charge in [0.05, 0.1) is 6.26 Å². The minimum atomic E-state index is 0.504. The Bertz CT molecular complexity index is 280. The number of hydrogen-bond donors (Lipinski definition) is 1. The van der Waals surface area contributed by atoms with E-state index < -0.39 is 0 Å². The molecule has 1 aromatic rings. The highest BCUT2D eigenvalue weighted by Crippen LogP contribution is 2.39.